The number of halogens is 1. The van der Waals surface area contributed by atoms with E-state index in [4.69, 9.17) is 0 Å². The van der Waals surface area contributed by atoms with Gasteiger partial charge in [0.15, 0.2) is 0 Å². The van der Waals surface area contributed by atoms with Crippen LogP contribution in [0.15, 0.2) is 24.3 Å². The number of rotatable bonds is 5. The minimum atomic E-state index is -0.569. The van der Waals surface area contributed by atoms with Crippen molar-refractivity contribution in [2.45, 2.75) is 45.4 Å². The van der Waals surface area contributed by atoms with E-state index >= 15 is 0 Å². The van der Waals surface area contributed by atoms with Crippen LogP contribution < -0.4 is 10.6 Å². The SMILES string of the molecule is CCCNC(=O)c1c(NC(=O)c2ccccc2F)sc2c1CCCCC2. The van der Waals surface area contributed by atoms with Gasteiger partial charge in [-0.1, -0.05) is 25.5 Å². The van der Waals surface area contributed by atoms with Crippen molar-refractivity contribution in [1.82, 2.24) is 5.32 Å². The summed E-state index contributed by atoms with van der Waals surface area (Å²) in [6, 6.07) is 5.87. The average Bonchev–Trinajstić information content (AvgIpc) is 2.81. The van der Waals surface area contributed by atoms with Gasteiger partial charge in [0.1, 0.15) is 10.8 Å². The van der Waals surface area contributed by atoms with Crippen LogP contribution in [0.5, 0.6) is 0 Å². The number of nitrogens with one attached hydrogen (secondary N) is 2. The molecule has 2 aromatic rings. The maximum absolute atomic E-state index is 13.9. The highest BCUT2D eigenvalue weighted by Crippen LogP contribution is 2.37. The molecule has 1 aromatic carbocycles. The molecule has 3 rings (SSSR count). The predicted octanol–water partition coefficient (Wildman–Crippen LogP) is 4.55. The second-order valence-electron chi connectivity index (χ2n) is 6.46. The number of carbonyl (C=O) groups excluding carboxylic acids is 2. The summed E-state index contributed by atoms with van der Waals surface area (Å²) in [6.07, 6.45) is 5.88. The minimum absolute atomic E-state index is 0.0176. The van der Waals surface area contributed by atoms with Gasteiger partial charge in [0.2, 0.25) is 0 Å². The maximum atomic E-state index is 13.9. The third-order valence-corrected chi connectivity index (χ3v) is 5.74. The summed E-state index contributed by atoms with van der Waals surface area (Å²) in [5.74, 6) is -1.25. The van der Waals surface area contributed by atoms with Gasteiger partial charge in [-0.25, -0.2) is 4.39 Å². The number of carbonyl (C=O) groups is 2. The van der Waals surface area contributed by atoms with Crippen LogP contribution >= 0.6 is 11.3 Å². The fourth-order valence-electron chi connectivity index (χ4n) is 3.21. The van der Waals surface area contributed by atoms with Crippen molar-refractivity contribution in [3.05, 3.63) is 51.7 Å². The summed E-state index contributed by atoms with van der Waals surface area (Å²) >= 11 is 1.45. The Morgan fingerprint density at radius 1 is 1.12 bits per heavy atom. The Bertz CT molecular complexity index is 816. The van der Waals surface area contributed by atoms with Crippen LogP contribution in [0.25, 0.3) is 0 Å². The predicted molar refractivity (Wildman–Crippen MR) is 103 cm³/mol. The molecule has 0 saturated heterocycles. The van der Waals surface area contributed by atoms with Crippen LogP contribution in [0.3, 0.4) is 0 Å². The molecule has 0 bridgehead atoms. The fraction of sp³-hybridized carbons (Fsp3) is 0.400. The van der Waals surface area contributed by atoms with Crippen LogP contribution in [0.4, 0.5) is 9.39 Å². The Balaban J connectivity index is 1.94. The molecule has 0 aliphatic heterocycles. The van der Waals surface area contributed by atoms with Gasteiger partial charge in [-0.3, -0.25) is 9.59 Å². The molecule has 1 aliphatic rings. The first-order valence-electron chi connectivity index (χ1n) is 9.10. The molecule has 0 atom stereocenters. The molecule has 1 aliphatic carbocycles. The van der Waals surface area contributed by atoms with Crippen molar-refractivity contribution in [3.8, 4) is 0 Å². The first-order chi connectivity index (χ1) is 12.6. The van der Waals surface area contributed by atoms with Crippen molar-refractivity contribution >= 4 is 28.2 Å². The lowest BCUT2D eigenvalue weighted by atomic mass is 10.0. The molecular weight excluding hydrogens is 351 g/mol. The van der Waals surface area contributed by atoms with E-state index in [0.29, 0.717) is 17.1 Å². The summed E-state index contributed by atoms with van der Waals surface area (Å²) in [5.41, 5.74) is 1.59. The lowest BCUT2D eigenvalue weighted by molar-refractivity contribution is 0.0954. The van der Waals surface area contributed by atoms with Gasteiger partial charge in [-0.2, -0.15) is 0 Å². The normalized spacial score (nSPS) is 13.6. The smallest absolute Gasteiger partial charge is 0.259 e. The number of hydrogen-bond acceptors (Lipinski definition) is 3. The largest absolute Gasteiger partial charge is 0.352 e. The molecule has 138 valence electrons. The second kappa shape index (κ2) is 8.45. The van der Waals surface area contributed by atoms with E-state index in [1.54, 1.807) is 12.1 Å². The van der Waals surface area contributed by atoms with Crippen molar-refractivity contribution in [3.63, 3.8) is 0 Å². The Morgan fingerprint density at radius 2 is 1.88 bits per heavy atom. The molecule has 6 heteroatoms. The van der Waals surface area contributed by atoms with Gasteiger partial charge in [0, 0.05) is 11.4 Å². The van der Waals surface area contributed by atoms with E-state index in [0.717, 1.165) is 49.0 Å². The van der Waals surface area contributed by atoms with Gasteiger partial charge in [-0.15, -0.1) is 11.3 Å². The molecule has 2 amide bonds. The summed E-state index contributed by atoms with van der Waals surface area (Å²) in [6.45, 7) is 2.58. The maximum Gasteiger partial charge on any atom is 0.259 e. The van der Waals surface area contributed by atoms with Gasteiger partial charge in [0.05, 0.1) is 11.1 Å². The molecule has 0 fully saturated rings. The van der Waals surface area contributed by atoms with Gasteiger partial charge in [-0.05, 0) is 49.8 Å². The van der Waals surface area contributed by atoms with Gasteiger partial charge >= 0.3 is 0 Å². The monoisotopic (exact) mass is 374 g/mol. The quantitative estimate of drug-likeness (QED) is 0.755. The minimum Gasteiger partial charge on any atom is -0.352 e. The first kappa shape index (κ1) is 18.6. The summed E-state index contributed by atoms with van der Waals surface area (Å²) in [7, 11) is 0. The Hall–Kier alpha value is -2.21. The van der Waals surface area contributed by atoms with Crippen LogP contribution in [-0.4, -0.2) is 18.4 Å². The highest BCUT2D eigenvalue weighted by Gasteiger charge is 2.26. The van der Waals surface area contributed by atoms with Crippen molar-refractivity contribution < 1.29 is 14.0 Å². The van der Waals surface area contributed by atoms with Gasteiger partial charge in [0.25, 0.3) is 11.8 Å². The number of anilines is 1. The molecule has 4 nitrogen and oxygen atoms in total. The average molecular weight is 374 g/mol. The molecular formula is C20H23FN2O2S. The number of amides is 2. The zero-order valence-electron chi connectivity index (χ0n) is 14.9. The van der Waals surface area contributed by atoms with Crippen LogP contribution in [-0.2, 0) is 12.8 Å². The van der Waals surface area contributed by atoms with Crippen molar-refractivity contribution in [1.29, 1.82) is 0 Å². The van der Waals surface area contributed by atoms with E-state index in [1.807, 2.05) is 6.92 Å². The number of thiophene rings is 1. The molecule has 26 heavy (non-hydrogen) atoms. The van der Waals surface area contributed by atoms with Crippen LogP contribution in [0.2, 0.25) is 0 Å². The van der Waals surface area contributed by atoms with Crippen LogP contribution in [0, 0.1) is 5.82 Å². The van der Waals surface area contributed by atoms with Crippen LogP contribution in [0.1, 0.15) is 63.8 Å². The summed E-state index contributed by atoms with van der Waals surface area (Å²) in [4.78, 5) is 26.4. The number of hydrogen-bond donors (Lipinski definition) is 2. The second-order valence-corrected chi connectivity index (χ2v) is 7.56. The van der Waals surface area contributed by atoms with E-state index < -0.39 is 11.7 Å². The lowest BCUT2D eigenvalue weighted by Gasteiger charge is -2.10. The zero-order chi connectivity index (χ0) is 18.5. The Labute approximate surface area is 156 Å². The first-order valence-corrected chi connectivity index (χ1v) is 9.92. The highest BCUT2D eigenvalue weighted by atomic mass is 32.1. The number of benzene rings is 1. The van der Waals surface area contributed by atoms with Crippen molar-refractivity contribution in [2.75, 3.05) is 11.9 Å². The molecule has 0 unspecified atom stereocenters. The van der Waals surface area contributed by atoms with Gasteiger partial charge < -0.3 is 10.6 Å². The highest BCUT2D eigenvalue weighted by molar-refractivity contribution is 7.17. The Morgan fingerprint density at radius 3 is 2.65 bits per heavy atom. The zero-order valence-corrected chi connectivity index (χ0v) is 15.7. The molecule has 0 saturated carbocycles. The van der Waals surface area contributed by atoms with E-state index in [-0.39, 0.29) is 11.5 Å². The molecule has 0 spiro atoms. The topological polar surface area (TPSA) is 58.2 Å². The van der Waals surface area contributed by atoms with E-state index in [2.05, 4.69) is 10.6 Å². The van der Waals surface area contributed by atoms with E-state index in [1.165, 1.54) is 23.5 Å². The Kier molecular flexibility index (Phi) is 6.04. The molecule has 0 radical (unpaired) electrons. The fourth-order valence-corrected chi connectivity index (χ4v) is 4.50. The number of aryl methyl sites for hydroxylation is 1. The standard InChI is InChI=1S/C20H23FN2O2S/c1-2-12-22-19(25)17-14-9-4-3-5-11-16(14)26-20(17)23-18(24)13-8-6-7-10-15(13)21/h6-8,10H,2-5,9,11-12H2,1H3,(H,22,25)(H,23,24). The summed E-state index contributed by atoms with van der Waals surface area (Å²) in [5, 5.41) is 6.22. The summed E-state index contributed by atoms with van der Waals surface area (Å²) < 4.78 is 13.9. The third kappa shape index (κ3) is 3.96. The number of fused-ring (bicyclic) bond motifs is 1. The third-order valence-electron chi connectivity index (χ3n) is 4.53. The lowest BCUT2D eigenvalue weighted by Crippen LogP contribution is -2.26. The molecule has 1 heterocycles. The molecule has 2 N–H and O–H groups in total. The van der Waals surface area contributed by atoms with E-state index in [9.17, 15) is 14.0 Å². The van der Waals surface area contributed by atoms with Crippen molar-refractivity contribution in [2.24, 2.45) is 0 Å². The molecule has 1 aromatic heterocycles.